The maximum absolute atomic E-state index is 12.6. The molecule has 148 valence electrons. The second-order valence-electron chi connectivity index (χ2n) is 7.52. The maximum Gasteiger partial charge on any atom is 0.255 e. The number of nitrogens with one attached hydrogen (secondary N) is 2. The van der Waals surface area contributed by atoms with E-state index in [2.05, 4.69) is 5.32 Å². The zero-order chi connectivity index (χ0) is 19.1. The van der Waals surface area contributed by atoms with Crippen LogP contribution in [0, 0.1) is 0 Å². The molecule has 0 bridgehead atoms. The lowest BCUT2D eigenvalue weighted by Gasteiger charge is -2.45. The van der Waals surface area contributed by atoms with Crippen LogP contribution in [0.25, 0.3) is 0 Å². The Hall–Kier alpha value is -2.12. The number of nitrogens with two attached hydrogens (primary N) is 1. The van der Waals surface area contributed by atoms with Crippen LogP contribution < -0.4 is 20.7 Å². The summed E-state index contributed by atoms with van der Waals surface area (Å²) in [6, 6.07) is 6.78. The van der Waals surface area contributed by atoms with Crippen LogP contribution in [-0.4, -0.2) is 56.8 Å². The fraction of sp³-hybridized carbons (Fsp3) is 0.600. The predicted octanol–water partition coefficient (Wildman–Crippen LogP) is -0.101. The van der Waals surface area contributed by atoms with Gasteiger partial charge in [0.25, 0.3) is 11.8 Å². The highest BCUT2D eigenvalue weighted by molar-refractivity contribution is 5.94. The number of carbonyl (C=O) groups is 2. The molecule has 1 aliphatic heterocycles. The van der Waals surface area contributed by atoms with Gasteiger partial charge in [0, 0.05) is 18.4 Å². The summed E-state index contributed by atoms with van der Waals surface area (Å²) in [5, 5.41) is 3.16. The number of primary amides is 1. The third-order valence-corrected chi connectivity index (χ3v) is 5.74. The number of hydrogen-bond donors (Lipinski definition) is 3. The fourth-order valence-corrected chi connectivity index (χ4v) is 4.24. The minimum absolute atomic E-state index is 0.0749. The number of amides is 2. The van der Waals surface area contributed by atoms with Crippen molar-refractivity contribution in [1.29, 1.82) is 0 Å². The normalized spacial score (nSPS) is 20.0. The SMILES string of the molecule is NC(=O)COc1ccc(C(=O)NCC2([NH+]3CCOCC3)CCCCC2)cc1. The first-order valence-electron chi connectivity index (χ1n) is 9.81. The van der Waals surface area contributed by atoms with Gasteiger partial charge in [-0.1, -0.05) is 6.42 Å². The van der Waals surface area contributed by atoms with E-state index in [9.17, 15) is 9.59 Å². The molecule has 1 saturated carbocycles. The van der Waals surface area contributed by atoms with Gasteiger partial charge < -0.3 is 25.4 Å². The number of carbonyl (C=O) groups excluding carboxylic acids is 2. The van der Waals surface area contributed by atoms with Crippen molar-refractivity contribution in [2.45, 2.75) is 37.6 Å². The fourth-order valence-electron chi connectivity index (χ4n) is 4.24. The number of benzene rings is 1. The van der Waals surface area contributed by atoms with E-state index in [1.54, 1.807) is 29.2 Å². The summed E-state index contributed by atoms with van der Waals surface area (Å²) >= 11 is 0. The van der Waals surface area contributed by atoms with Crippen LogP contribution in [0.2, 0.25) is 0 Å². The molecule has 3 rings (SSSR count). The Morgan fingerprint density at radius 2 is 1.78 bits per heavy atom. The summed E-state index contributed by atoms with van der Waals surface area (Å²) in [6.07, 6.45) is 6.05. The first-order valence-corrected chi connectivity index (χ1v) is 9.81. The Kier molecular flexibility index (Phi) is 6.68. The molecule has 1 saturated heterocycles. The van der Waals surface area contributed by atoms with Crippen molar-refractivity contribution in [3.63, 3.8) is 0 Å². The van der Waals surface area contributed by atoms with Crippen LogP contribution in [0.5, 0.6) is 5.75 Å². The molecular formula is C20H30N3O4+. The summed E-state index contributed by atoms with van der Waals surface area (Å²) in [4.78, 5) is 25.0. The Morgan fingerprint density at radius 3 is 2.41 bits per heavy atom. The second-order valence-corrected chi connectivity index (χ2v) is 7.52. The van der Waals surface area contributed by atoms with Crippen molar-refractivity contribution in [2.24, 2.45) is 5.73 Å². The van der Waals surface area contributed by atoms with Crippen LogP contribution in [0.1, 0.15) is 42.5 Å². The Morgan fingerprint density at radius 1 is 1.11 bits per heavy atom. The minimum atomic E-state index is -0.528. The standard InChI is InChI=1S/C20H29N3O4/c21-18(24)14-27-17-6-4-16(5-7-17)19(25)22-15-20(8-2-1-3-9-20)23-10-12-26-13-11-23/h4-7H,1-3,8-15H2,(H2,21,24)(H,22,25)/p+1. The lowest BCUT2D eigenvalue weighted by Crippen LogP contribution is -3.23. The topological polar surface area (TPSA) is 95.1 Å². The van der Waals surface area contributed by atoms with E-state index in [4.69, 9.17) is 15.2 Å². The third kappa shape index (κ3) is 5.20. The van der Waals surface area contributed by atoms with E-state index in [0.29, 0.717) is 17.9 Å². The summed E-state index contributed by atoms with van der Waals surface area (Å²) in [5.41, 5.74) is 5.78. The molecule has 2 fully saturated rings. The van der Waals surface area contributed by atoms with Gasteiger partial charge >= 0.3 is 0 Å². The van der Waals surface area contributed by atoms with Gasteiger partial charge in [0.05, 0.1) is 19.8 Å². The van der Waals surface area contributed by atoms with Crippen LogP contribution in [0.3, 0.4) is 0 Å². The number of hydrogen-bond acceptors (Lipinski definition) is 4. The Bertz CT molecular complexity index is 635. The highest BCUT2D eigenvalue weighted by Gasteiger charge is 2.42. The largest absolute Gasteiger partial charge is 0.484 e. The molecule has 2 aliphatic rings. The first kappa shape index (κ1) is 19.6. The molecule has 0 aromatic heterocycles. The zero-order valence-electron chi connectivity index (χ0n) is 15.8. The summed E-state index contributed by atoms with van der Waals surface area (Å²) < 4.78 is 10.8. The van der Waals surface area contributed by atoms with Gasteiger partial charge in [-0.2, -0.15) is 0 Å². The molecule has 2 amide bonds. The van der Waals surface area contributed by atoms with Crippen LogP contribution in [0.15, 0.2) is 24.3 Å². The lowest BCUT2D eigenvalue weighted by atomic mass is 9.79. The summed E-state index contributed by atoms with van der Waals surface area (Å²) in [6.45, 7) is 4.16. The molecular weight excluding hydrogens is 346 g/mol. The monoisotopic (exact) mass is 376 g/mol. The maximum atomic E-state index is 12.6. The van der Waals surface area contributed by atoms with E-state index >= 15 is 0 Å². The summed E-state index contributed by atoms with van der Waals surface area (Å²) in [7, 11) is 0. The van der Waals surface area contributed by atoms with Crippen molar-refractivity contribution >= 4 is 11.8 Å². The lowest BCUT2D eigenvalue weighted by molar-refractivity contribution is -0.960. The van der Waals surface area contributed by atoms with E-state index in [1.165, 1.54) is 19.3 Å². The third-order valence-electron chi connectivity index (χ3n) is 5.74. The van der Waals surface area contributed by atoms with Gasteiger partial charge in [-0.3, -0.25) is 9.59 Å². The first-order chi connectivity index (χ1) is 13.1. The van der Waals surface area contributed by atoms with E-state index < -0.39 is 5.91 Å². The van der Waals surface area contributed by atoms with Crippen molar-refractivity contribution in [3.05, 3.63) is 29.8 Å². The number of morpholine rings is 1. The molecule has 0 atom stereocenters. The number of quaternary nitrogens is 1. The average Bonchev–Trinajstić information content (AvgIpc) is 2.72. The predicted molar refractivity (Wildman–Crippen MR) is 101 cm³/mol. The van der Waals surface area contributed by atoms with Crippen molar-refractivity contribution in [3.8, 4) is 5.75 Å². The molecule has 0 unspecified atom stereocenters. The molecule has 4 N–H and O–H groups in total. The highest BCUT2D eigenvalue weighted by atomic mass is 16.5. The van der Waals surface area contributed by atoms with Crippen LogP contribution >= 0.6 is 0 Å². The van der Waals surface area contributed by atoms with Gasteiger partial charge in [-0.05, 0) is 37.1 Å². The molecule has 1 aromatic carbocycles. The Labute approximate surface area is 160 Å². The summed E-state index contributed by atoms with van der Waals surface area (Å²) in [5.74, 6) is -0.0823. The van der Waals surface area contributed by atoms with Crippen molar-refractivity contribution in [1.82, 2.24) is 5.32 Å². The van der Waals surface area contributed by atoms with Crippen LogP contribution in [-0.2, 0) is 9.53 Å². The van der Waals surface area contributed by atoms with E-state index in [1.807, 2.05) is 0 Å². The van der Waals surface area contributed by atoms with Gasteiger partial charge in [0.15, 0.2) is 6.61 Å². The molecule has 7 heteroatoms. The highest BCUT2D eigenvalue weighted by Crippen LogP contribution is 2.25. The zero-order valence-corrected chi connectivity index (χ0v) is 15.8. The molecule has 1 heterocycles. The molecule has 0 spiro atoms. The van der Waals surface area contributed by atoms with Crippen molar-refractivity contribution < 1.29 is 24.0 Å². The molecule has 1 aliphatic carbocycles. The van der Waals surface area contributed by atoms with Crippen molar-refractivity contribution in [2.75, 3.05) is 39.5 Å². The molecule has 1 aromatic rings. The molecule has 7 nitrogen and oxygen atoms in total. The molecule has 0 radical (unpaired) electrons. The Balaban J connectivity index is 1.59. The van der Waals surface area contributed by atoms with Gasteiger partial charge in [-0.25, -0.2) is 0 Å². The van der Waals surface area contributed by atoms with Gasteiger partial charge in [0.2, 0.25) is 0 Å². The number of ether oxygens (including phenoxy) is 2. The number of rotatable bonds is 7. The molecule has 27 heavy (non-hydrogen) atoms. The van der Waals surface area contributed by atoms with Gasteiger partial charge in [-0.15, -0.1) is 0 Å². The second kappa shape index (κ2) is 9.19. The minimum Gasteiger partial charge on any atom is -0.484 e. The van der Waals surface area contributed by atoms with Gasteiger partial charge in [0.1, 0.15) is 24.4 Å². The van der Waals surface area contributed by atoms with E-state index in [0.717, 1.165) is 39.1 Å². The van der Waals surface area contributed by atoms with E-state index in [-0.39, 0.29) is 18.1 Å². The van der Waals surface area contributed by atoms with Crippen LogP contribution in [0.4, 0.5) is 0 Å². The smallest absolute Gasteiger partial charge is 0.255 e. The quantitative estimate of drug-likeness (QED) is 0.619. The average molecular weight is 376 g/mol.